The first-order valence-electron chi connectivity index (χ1n) is 8.26. The molecule has 0 aliphatic carbocycles. The molecule has 0 unspecified atom stereocenters. The Labute approximate surface area is 138 Å². The summed E-state index contributed by atoms with van der Waals surface area (Å²) in [5.41, 5.74) is 0. The van der Waals surface area contributed by atoms with Crippen LogP contribution in [0.1, 0.15) is 2.74 Å². The Morgan fingerprint density at radius 2 is 0.826 bits per heavy atom. The van der Waals surface area contributed by atoms with Crippen molar-refractivity contribution in [3.8, 4) is 0 Å². The van der Waals surface area contributed by atoms with Crippen LogP contribution in [0.5, 0.6) is 0 Å². The number of carbonyl (C=O) groups excluding carboxylic acids is 2. The molecular weight excluding hydrogens is 303 g/mol. The van der Waals surface area contributed by atoms with Gasteiger partial charge in [0.25, 0.3) is 0 Å². The topological polar surface area (TPSA) is 34.1 Å². The van der Waals surface area contributed by atoms with Gasteiger partial charge in [0, 0.05) is 0 Å². The van der Waals surface area contributed by atoms with E-state index in [4.69, 9.17) is 2.74 Å². The van der Waals surface area contributed by atoms with Gasteiger partial charge in [-0.05, 0) is 0 Å². The molecule has 0 N–H and O–H groups in total. The number of benzene rings is 3. The molecule has 3 aromatic carbocycles. The quantitative estimate of drug-likeness (QED) is 0.535. The summed E-state index contributed by atoms with van der Waals surface area (Å²) < 4.78 is 16.5. The van der Waals surface area contributed by atoms with Crippen LogP contribution in [0, 0.1) is 0 Å². The molecule has 3 aromatic rings. The Morgan fingerprint density at radius 1 is 0.565 bits per heavy atom. The predicted molar refractivity (Wildman–Crippen MR) is 98.6 cm³/mol. The summed E-state index contributed by atoms with van der Waals surface area (Å²) >= 11 is 0. The number of hydrogen-bond donors (Lipinski definition) is 0. The standard InChI is InChI=1S/C20H17O2P/c21-16-23(17-22,18-10-4-1-5-11-18,19-12-6-2-7-13-19)20-14-8-3-9-15-20/h1-17H/i16D,17D. The third-order valence-corrected chi connectivity index (χ3v) is 8.91. The first-order valence-corrected chi connectivity index (χ1v) is 9.49. The summed E-state index contributed by atoms with van der Waals surface area (Å²) in [5.74, 6) is 0. The van der Waals surface area contributed by atoms with Gasteiger partial charge in [0.1, 0.15) is 0 Å². The van der Waals surface area contributed by atoms with Crippen molar-refractivity contribution >= 4 is 34.5 Å². The van der Waals surface area contributed by atoms with Crippen LogP contribution in [-0.4, -0.2) is 12.0 Å². The molecule has 114 valence electrons. The average molecular weight is 322 g/mol. The van der Waals surface area contributed by atoms with Crippen molar-refractivity contribution in [2.75, 3.05) is 0 Å². The molecule has 0 radical (unpaired) electrons. The second-order valence-electron chi connectivity index (χ2n) is 5.31. The molecule has 0 aliphatic rings. The summed E-state index contributed by atoms with van der Waals surface area (Å²) in [5, 5.41) is 1.27. The van der Waals surface area contributed by atoms with E-state index in [0.29, 0.717) is 15.9 Å². The monoisotopic (exact) mass is 322 g/mol. The van der Waals surface area contributed by atoms with E-state index >= 15 is 0 Å². The molecule has 0 heterocycles. The Morgan fingerprint density at radius 3 is 1.04 bits per heavy atom. The van der Waals surface area contributed by atoms with Gasteiger partial charge in [0.05, 0.1) is 0 Å². The van der Waals surface area contributed by atoms with E-state index in [-0.39, 0.29) is 0 Å². The van der Waals surface area contributed by atoms with Gasteiger partial charge in [-0.3, -0.25) is 0 Å². The van der Waals surface area contributed by atoms with Crippen molar-refractivity contribution in [3.05, 3.63) is 91.0 Å². The molecule has 23 heavy (non-hydrogen) atoms. The fraction of sp³-hybridized carbons (Fsp3) is 0. The molecule has 0 bridgehead atoms. The van der Waals surface area contributed by atoms with Gasteiger partial charge in [-0.25, -0.2) is 0 Å². The van der Waals surface area contributed by atoms with Crippen LogP contribution in [0.4, 0.5) is 0 Å². The van der Waals surface area contributed by atoms with Crippen LogP contribution in [-0.2, 0) is 9.59 Å². The summed E-state index contributed by atoms with van der Waals surface area (Å²) in [6, 6.07) is 23.8. The molecule has 0 fully saturated rings. The minimum atomic E-state index is -4.59. The third-order valence-electron chi connectivity index (χ3n) is 4.18. The van der Waals surface area contributed by atoms with Gasteiger partial charge in [-0.1, -0.05) is 0 Å². The van der Waals surface area contributed by atoms with Crippen LogP contribution >= 0.6 is 6.60 Å². The third kappa shape index (κ3) is 2.07. The molecule has 0 saturated heterocycles. The zero-order valence-corrected chi connectivity index (χ0v) is 13.3. The Kier molecular flexibility index (Phi) is 3.32. The van der Waals surface area contributed by atoms with E-state index in [2.05, 4.69) is 0 Å². The molecular formula is C20H17O2P. The van der Waals surface area contributed by atoms with Crippen LogP contribution in [0.15, 0.2) is 91.0 Å². The first-order chi connectivity index (χ1) is 12.0. The van der Waals surface area contributed by atoms with Crippen LogP contribution in [0.25, 0.3) is 0 Å². The molecule has 3 heteroatoms. The van der Waals surface area contributed by atoms with Gasteiger partial charge < -0.3 is 0 Å². The van der Waals surface area contributed by atoms with Crippen LogP contribution in [0.3, 0.4) is 0 Å². The van der Waals surface area contributed by atoms with Crippen molar-refractivity contribution in [2.45, 2.75) is 0 Å². The second-order valence-corrected chi connectivity index (χ2v) is 9.46. The number of hydrogen-bond acceptors (Lipinski definition) is 2. The van der Waals surface area contributed by atoms with Gasteiger partial charge >= 0.3 is 138 Å². The molecule has 0 saturated carbocycles. The van der Waals surface area contributed by atoms with E-state index in [0.717, 1.165) is 0 Å². The molecule has 0 atom stereocenters. The van der Waals surface area contributed by atoms with Crippen molar-refractivity contribution in [1.29, 1.82) is 0 Å². The van der Waals surface area contributed by atoms with E-state index in [9.17, 15) is 9.59 Å². The van der Waals surface area contributed by atoms with Gasteiger partial charge in [-0.15, -0.1) is 0 Å². The minimum absolute atomic E-state index is 0.422. The van der Waals surface area contributed by atoms with Crippen LogP contribution < -0.4 is 15.9 Å². The summed E-state index contributed by atoms with van der Waals surface area (Å²) in [7, 11) is 0. The zero-order valence-electron chi connectivity index (χ0n) is 14.4. The molecule has 2 nitrogen and oxygen atoms in total. The molecule has 0 spiro atoms. The van der Waals surface area contributed by atoms with E-state index in [1.807, 2.05) is 0 Å². The SMILES string of the molecule is [2H]C(=O)P(C([2H])=O)(c1ccccc1)(c1ccccc1)c1ccccc1. The van der Waals surface area contributed by atoms with Gasteiger partial charge in [0.2, 0.25) is 0 Å². The van der Waals surface area contributed by atoms with Crippen LogP contribution in [0.2, 0.25) is 0 Å². The normalized spacial score (nSPS) is 14.0. The fourth-order valence-electron chi connectivity index (χ4n) is 2.96. The summed E-state index contributed by atoms with van der Waals surface area (Å²) in [4.78, 5) is 26.0. The molecule has 3 rings (SSSR count). The van der Waals surface area contributed by atoms with Crippen molar-refractivity contribution in [2.24, 2.45) is 0 Å². The number of rotatable bonds is 5. The molecule has 0 aliphatic heterocycles. The van der Waals surface area contributed by atoms with E-state index in [1.54, 1.807) is 91.0 Å². The van der Waals surface area contributed by atoms with E-state index in [1.165, 1.54) is 0 Å². The van der Waals surface area contributed by atoms with Gasteiger partial charge in [-0.2, -0.15) is 0 Å². The fourth-order valence-corrected chi connectivity index (χ4v) is 6.83. The Bertz CT molecular complexity index is 795. The first kappa shape index (κ1) is 12.9. The summed E-state index contributed by atoms with van der Waals surface area (Å²) in [6.45, 7) is -4.59. The van der Waals surface area contributed by atoms with Gasteiger partial charge in [0.15, 0.2) is 0 Å². The Balaban J connectivity index is 2.64. The van der Waals surface area contributed by atoms with Crippen molar-refractivity contribution < 1.29 is 12.3 Å². The van der Waals surface area contributed by atoms with Crippen molar-refractivity contribution in [3.63, 3.8) is 0 Å². The van der Waals surface area contributed by atoms with Crippen molar-refractivity contribution in [1.82, 2.24) is 0 Å². The zero-order chi connectivity index (χ0) is 17.9. The maximum absolute atomic E-state index is 13.0. The number of carbonyl (C=O) groups is 2. The predicted octanol–water partition coefficient (Wildman–Crippen LogP) is 2.90. The van der Waals surface area contributed by atoms with E-state index < -0.39 is 18.6 Å². The molecule has 0 amide bonds. The second kappa shape index (κ2) is 5.91. The summed E-state index contributed by atoms with van der Waals surface area (Å²) in [6.07, 6.45) is 0. The molecule has 0 aromatic heterocycles. The Hall–Kier alpha value is -2.57. The maximum atomic E-state index is 13.0. The average Bonchev–Trinajstić information content (AvgIpc) is 2.65.